The van der Waals surface area contributed by atoms with E-state index >= 15 is 0 Å². The molecular weight excluding hydrogens is 304 g/mol. The van der Waals surface area contributed by atoms with Gasteiger partial charge in [-0.25, -0.2) is 0 Å². The van der Waals surface area contributed by atoms with Crippen LogP contribution in [0.3, 0.4) is 0 Å². The molecule has 1 aliphatic heterocycles. The number of hydrogen-bond acceptors (Lipinski definition) is 3. The lowest BCUT2D eigenvalue weighted by atomic mass is 10.2. The fourth-order valence-corrected chi connectivity index (χ4v) is 3.11. The van der Waals surface area contributed by atoms with Crippen LogP contribution in [0.25, 0.3) is 0 Å². The smallest absolute Gasteiger partial charge is 0.0625 e. The fourth-order valence-electron chi connectivity index (χ4n) is 2.61. The van der Waals surface area contributed by atoms with Crippen LogP contribution < -0.4 is 0 Å². The molecule has 1 aromatic heterocycles. The first-order valence-corrected chi connectivity index (χ1v) is 8.45. The molecule has 0 spiro atoms. The minimum atomic E-state index is 0.971. The van der Waals surface area contributed by atoms with Crippen LogP contribution in [0.5, 0.6) is 0 Å². The maximum absolute atomic E-state index is 4.63. The molecular formula is C14H25BrN4. The monoisotopic (exact) mass is 328 g/mol. The number of piperazine rings is 1. The van der Waals surface area contributed by atoms with Gasteiger partial charge in [0.25, 0.3) is 0 Å². The van der Waals surface area contributed by atoms with Crippen molar-refractivity contribution in [3.05, 3.63) is 17.5 Å². The molecule has 19 heavy (non-hydrogen) atoms. The molecule has 2 heterocycles. The summed E-state index contributed by atoms with van der Waals surface area (Å²) in [5.41, 5.74) is 2.59. The van der Waals surface area contributed by atoms with E-state index in [0.29, 0.717) is 0 Å². The zero-order chi connectivity index (χ0) is 13.7. The molecule has 0 atom stereocenters. The quantitative estimate of drug-likeness (QED) is 0.746. The minimum absolute atomic E-state index is 0.971. The number of nitrogens with zero attached hydrogens (tertiary/aromatic N) is 4. The number of halogens is 1. The average Bonchev–Trinajstić information content (AvgIpc) is 2.83. The highest BCUT2D eigenvalue weighted by atomic mass is 79.9. The zero-order valence-electron chi connectivity index (χ0n) is 12.1. The molecule has 0 radical (unpaired) electrons. The highest BCUT2D eigenvalue weighted by molar-refractivity contribution is 9.09. The maximum atomic E-state index is 4.63. The Labute approximate surface area is 124 Å². The van der Waals surface area contributed by atoms with Gasteiger partial charge < -0.3 is 0 Å². The summed E-state index contributed by atoms with van der Waals surface area (Å²) >= 11 is 3.52. The van der Waals surface area contributed by atoms with Crippen LogP contribution in [0, 0.1) is 0 Å². The van der Waals surface area contributed by atoms with Gasteiger partial charge in [-0.2, -0.15) is 5.10 Å². The van der Waals surface area contributed by atoms with Crippen LogP contribution in [-0.4, -0.2) is 57.6 Å². The number of alkyl halides is 1. The molecule has 0 unspecified atom stereocenters. The van der Waals surface area contributed by atoms with Crippen molar-refractivity contribution in [3.8, 4) is 0 Å². The average molecular weight is 329 g/mol. The lowest BCUT2D eigenvalue weighted by molar-refractivity contribution is 0.130. The topological polar surface area (TPSA) is 24.3 Å². The Morgan fingerprint density at radius 1 is 1.16 bits per heavy atom. The van der Waals surface area contributed by atoms with Crippen LogP contribution in [0.4, 0.5) is 0 Å². The SMILES string of the molecule is CCc1cc(CN2CCN(CCBr)CC2)n(CC)n1. The van der Waals surface area contributed by atoms with Gasteiger partial charge in [0.2, 0.25) is 0 Å². The number of hydrogen-bond donors (Lipinski definition) is 0. The molecule has 1 saturated heterocycles. The molecule has 0 saturated carbocycles. The van der Waals surface area contributed by atoms with Gasteiger partial charge in [0.15, 0.2) is 0 Å². The van der Waals surface area contributed by atoms with Crippen molar-refractivity contribution >= 4 is 15.9 Å². The van der Waals surface area contributed by atoms with Gasteiger partial charge in [-0.1, -0.05) is 22.9 Å². The van der Waals surface area contributed by atoms with Crippen molar-refractivity contribution < 1.29 is 0 Å². The van der Waals surface area contributed by atoms with E-state index in [1.807, 2.05) is 0 Å². The molecule has 4 nitrogen and oxygen atoms in total. The second kappa shape index (κ2) is 7.41. The molecule has 1 aliphatic rings. The number of rotatable bonds is 6. The predicted molar refractivity (Wildman–Crippen MR) is 82.8 cm³/mol. The van der Waals surface area contributed by atoms with Gasteiger partial charge in [0.1, 0.15) is 0 Å². The van der Waals surface area contributed by atoms with E-state index in [0.717, 1.165) is 24.8 Å². The van der Waals surface area contributed by atoms with Gasteiger partial charge >= 0.3 is 0 Å². The van der Waals surface area contributed by atoms with Gasteiger partial charge in [0, 0.05) is 51.1 Å². The standard InChI is InChI=1S/C14H25BrN4/c1-3-13-11-14(19(4-2)16-13)12-18-9-7-17(6-5-15)8-10-18/h11H,3-10,12H2,1-2H3. The highest BCUT2D eigenvalue weighted by Crippen LogP contribution is 2.11. The van der Waals surface area contributed by atoms with Crippen molar-refractivity contribution in [1.29, 1.82) is 0 Å². The Bertz CT molecular complexity index is 383. The van der Waals surface area contributed by atoms with Crippen molar-refractivity contribution in [1.82, 2.24) is 19.6 Å². The van der Waals surface area contributed by atoms with Crippen LogP contribution >= 0.6 is 15.9 Å². The summed E-state index contributed by atoms with van der Waals surface area (Å²) in [5, 5.41) is 5.71. The van der Waals surface area contributed by atoms with Crippen molar-refractivity contribution in [2.45, 2.75) is 33.4 Å². The Hall–Kier alpha value is -0.390. The first kappa shape index (κ1) is 15.0. The van der Waals surface area contributed by atoms with E-state index < -0.39 is 0 Å². The van der Waals surface area contributed by atoms with Gasteiger partial charge in [0.05, 0.1) is 11.4 Å². The first-order valence-electron chi connectivity index (χ1n) is 7.33. The Morgan fingerprint density at radius 3 is 2.42 bits per heavy atom. The summed E-state index contributed by atoms with van der Waals surface area (Å²) in [6, 6.07) is 2.27. The Balaban J connectivity index is 1.89. The molecule has 1 fully saturated rings. The molecule has 0 amide bonds. The molecule has 108 valence electrons. The van der Waals surface area contributed by atoms with Crippen LogP contribution in [-0.2, 0) is 19.5 Å². The molecule has 0 aromatic carbocycles. The summed E-state index contributed by atoms with van der Waals surface area (Å²) in [5.74, 6) is 0. The molecule has 0 aliphatic carbocycles. The molecule has 0 bridgehead atoms. The largest absolute Gasteiger partial charge is 0.300 e. The molecule has 0 N–H and O–H groups in total. The second-order valence-corrected chi connectivity index (χ2v) is 5.90. The lowest BCUT2D eigenvalue weighted by Crippen LogP contribution is -2.46. The Kier molecular flexibility index (Phi) is 5.85. The summed E-state index contributed by atoms with van der Waals surface area (Å²) < 4.78 is 2.16. The predicted octanol–water partition coefficient (Wildman–Crippen LogP) is 1.98. The van der Waals surface area contributed by atoms with Crippen LogP contribution in [0.15, 0.2) is 6.07 Å². The van der Waals surface area contributed by atoms with E-state index in [9.17, 15) is 0 Å². The highest BCUT2D eigenvalue weighted by Gasteiger charge is 2.18. The fraction of sp³-hybridized carbons (Fsp3) is 0.786. The van der Waals surface area contributed by atoms with Gasteiger partial charge in [-0.3, -0.25) is 14.5 Å². The maximum Gasteiger partial charge on any atom is 0.0625 e. The second-order valence-electron chi connectivity index (χ2n) is 5.10. The van der Waals surface area contributed by atoms with Crippen molar-refractivity contribution in [3.63, 3.8) is 0 Å². The van der Waals surface area contributed by atoms with Crippen LogP contribution in [0.2, 0.25) is 0 Å². The normalized spacial score (nSPS) is 18.1. The Morgan fingerprint density at radius 2 is 1.84 bits per heavy atom. The summed E-state index contributed by atoms with van der Waals surface area (Å²) in [6.07, 6.45) is 1.03. The number of aromatic nitrogens is 2. The van der Waals surface area contributed by atoms with E-state index in [2.05, 4.69) is 55.4 Å². The number of aryl methyl sites for hydroxylation is 2. The van der Waals surface area contributed by atoms with Gasteiger partial charge in [-0.05, 0) is 19.4 Å². The first-order chi connectivity index (χ1) is 9.26. The lowest BCUT2D eigenvalue weighted by Gasteiger charge is -2.34. The van der Waals surface area contributed by atoms with Crippen LogP contribution in [0.1, 0.15) is 25.2 Å². The molecule has 1 aromatic rings. The summed E-state index contributed by atoms with van der Waals surface area (Å²) in [4.78, 5) is 5.08. The molecule has 5 heteroatoms. The van der Waals surface area contributed by atoms with Crippen molar-refractivity contribution in [2.75, 3.05) is 38.1 Å². The van der Waals surface area contributed by atoms with E-state index in [-0.39, 0.29) is 0 Å². The summed E-state index contributed by atoms with van der Waals surface area (Å²) in [6.45, 7) is 12.2. The summed E-state index contributed by atoms with van der Waals surface area (Å²) in [7, 11) is 0. The third-order valence-electron chi connectivity index (χ3n) is 3.83. The van der Waals surface area contributed by atoms with E-state index in [4.69, 9.17) is 0 Å². The van der Waals surface area contributed by atoms with Crippen molar-refractivity contribution in [2.24, 2.45) is 0 Å². The van der Waals surface area contributed by atoms with Gasteiger partial charge in [-0.15, -0.1) is 0 Å². The van der Waals surface area contributed by atoms with E-state index in [1.165, 1.54) is 44.1 Å². The third-order valence-corrected chi connectivity index (χ3v) is 4.18. The zero-order valence-corrected chi connectivity index (χ0v) is 13.7. The van der Waals surface area contributed by atoms with E-state index in [1.54, 1.807) is 0 Å². The third kappa shape index (κ3) is 4.04. The molecule has 2 rings (SSSR count). The minimum Gasteiger partial charge on any atom is -0.300 e.